The van der Waals surface area contributed by atoms with E-state index >= 15 is 4.39 Å². The van der Waals surface area contributed by atoms with Gasteiger partial charge in [-0.15, -0.1) is 0 Å². The van der Waals surface area contributed by atoms with Crippen molar-refractivity contribution in [2.45, 2.75) is 90.9 Å². The highest BCUT2D eigenvalue weighted by Gasteiger charge is 2.36. The van der Waals surface area contributed by atoms with Crippen molar-refractivity contribution >= 4 is 23.4 Å². The fourth-order valence-electron chi connectivity index (χ4n) is 7.81. The first-order chi connectivity index (χ1) is 23.6. The summed E-state index contributed by atoms with van der Waals surface area (Å²) < 4.78 is 23.1. The van der Waals surface area contributed by atoms with Crippen LogP contribution in [0, 0.1) is 23.1 Å². The highest BCUT2D eigenvalue weighted by molar-refractivity contribution is 5.96. The van der Waals surface area contributed by atoms with Crippen molar-refractivity contribution in [3.8, 4) is 17.5 Å². The number of piperazine rings is 1. The van der Waals surface area contributed by atoms with Crippen molar-refractivity contribution in [3.63, 3.8) is 0 Å². The lowest BCUT2D eigenvalue weighted by molar-refractivity contribution is 0.0668. The number of hydrogen-bond acceptors (Lipinski definition) is 10. The molecule has 3 aliphatic rings. The molecule has 2 aromatic heterocycles. The number of halogens is 1. The largest absolute Gasteiger partial charge is 0.495 e. The second kappa shape index (κ2) is 14.7. The highest BCUT2D eigenvalue weighted by Crippen LogP contribution is 2.42. The molecule has 12 nitrogen and oxygen atoms in total. The number of nitrogens with one attached hydrogen (secondary N) is 2. The number of imidazole rings is 1. The second-order valence-electron chi connectivity index (χ2n) is 14.2. The molecule has 1 saturated heterocycles. The predicted octanol–water partition coefficient (Wildman–Crippen LogP) is 5.42. The van der Waals surface area contributed by atoms with Crippen LogP contribution in [0.3, 0.4) is 0 Å². The van der Waals surface area contributed by atoms with Crippen LogP contribution in [0.25, 0.3) is 5.69 Å². The normalized spacial score (nSPS) is 21.3. The number of anilines is 3. The van der Waals surface area contributed by atoms with E-state index < -0.39 is 11.7 Å². The Kier molecular flexibility index (Phi) is 10.4. The van der Waals surface area contributed by atoms with Gasteiger partial charge in [-0.3, -0.25) is 14.3 Å². The van der Waals surface area contributed by atoms with Crippen LogP contribution in [-0.2, 0) is 0 Å². The number of nitriles is 1. The molecule has 1 aliphatic carbocycles. The Morgan fingerprint density at radius 3 is 2.47 bits per heavy atom. The molecule has 13 heteroatoms. The zero-order valence-corrected chi connectivity index (χ0v) is 29.5. The summed E-state index contributed by atoms with van der Waals surface area (Å²) in [6.45, 7) is 16.3. The first kappa shape index (κ1) is 34.6. The van der Waals surface area contributed by atoms with Gasteiger partial charge in [-0.05, 0) is 57.9 Å². The number of carbonyl (C=O) groups excluding carboxylic acids is 1. The quantitative estimate of drug-likeness (QED) is 0.288. The van der Waals surface area contributed by atoms with E-state index in [1.807, 2.05) is 4.57 Å². The summed E-state index contributed by atoms with van der Waals surface area (Å²) in [7, 11) is 1.48. The molecular formula is C36H49FN10O2. The summed E-state index contributed by atoms with van der Waals surface area (Å²) in [6, 6.07) is 5.40. The van der Waals surface area contributed by atoms with Gasteiger partial charge in [0.05, 0.1) is 36.3 Å². The molecule has 6 rings (SSSR count). The van der Waals surface area contributed by atoms with Crippen LogP contribution < -0.4 is 20.3 Å². The highest BCUT2D eigenvalue weighted by atomic mass is 19.1. The van der Waals surface area contributed by atoms with Crippen LogP contribution in [0.4, 0.5) is 21.8 Å². The zero-order valence-electron chi connectivity index (χ0n) is 29.5. The van der Waals surface area contributed by atoms with E-state index in [1.165, 1.54) is 19.2 Å². The average Bonchev–Trinajstić information content (AvgIpc) is 3.52. The smallest absolute Gasteiger partial charge is 0.254 e. The number of ether oxygens (including phenoxy) is 1. The van der Waals surface area contributed by atoms with E-state index in [1.54, 1.807) is 12.5 Å². The molecule has 0 radical (unpaired) electrons. The number of methoxy groups -OCH3 is 1. The number of amides is 1. The van der Waals surface area contributed by atoms with Gasteiger partial charge in [0.2, 0.25) is 5.95 Å². The summed E-state index contributed by atoms with van der Waals surface area (Å²) in [5.74, 6) is 0.808. The lowest BCUT2D eigenvalue weighted by atomic mass is 9.89. The Hall–Kier alpha value is -4.28. The number of carbonyl (C=O) groups is 1. The number of benzene rings is 1. The second-order valence-corrected chi connectivity index (χ2v) is 14.2. The maximum atomic E-state index is 15.6. The van der Waals surface area contributed by atoms with Crippen molar-refractivity contribution in [1.82, 2.24) is 34.6 Å². The summed E-state index contributed by atoms with van der Waals surface area (Å²) >= 11 is 0. The Balaban J connectivity index is 1.13. The third-order valence-electron chi connectivity index (χ3n) is 10.1. The number of nitrogens with zero attached hydrogens (tertiary/aromatic N) is 8. The number of aromatic nitrogens is 4. The molecule has 2 N–H and O–H groups in total. The first-order valence-corrected chi connectivity index (χ1v) is 17.7. The first-order valence-electron chi connectivity index (χ1n) is 17.7. The van der Waals surface area contributed by atoms with Crippen LogP contribution in [0.1, 0.15) is 94.5 Å². The minimum atomic E-state index is -0.659. The van der Waals surface area contributed by atoms with Gasteiger partial charge < -0.3 is 25.2 Å². The van der Waals surface area contributed by atoms with Gasteiger partial charge in [0, 0.05) is 56.9 Å². The maximum Gasteiger partial charge on any atom is 0.254 e. The molecule has 4 heterocycles. The van der Waals surface area contributed by atoms with Gasteiger partial charge in [-0.2, -0.15) is 10.2 Å². The summed E-state index contributed by atoms with van der Waals surface area (Å²) in [6.07, 6.45) is 7.85. The Morgan fingerprint density at radius 2 is 1.84 bits per heavy atom. The molecule has 262 valence electrons. The minimum Gasteiger partial charge on any atom is -0.495 e. The molecule has 0 spiro atoms. The van der Waals surface area contributed by atoms with Gasteiger partial charge >= 0.3 is 0 Å². The summed E-state index contributed by atoms with van der Waals surface area (Å²) in [5.41, 5.74) is 2.15. The molecule has 1 saturated carbocycles. The van der Waals surface area contributed by atoms with Gasteiger partial charge in [0.25, 0.3) is 5.91 Å². The third-order valence-corrected chi connectivity index (χ3v) is 10.1. The molecule has 3 aromatic rings. The van der Waals surface area contributed by atoms with E-state index in [2.05, 4.69) is 76.0 Å². The Bertz CT molecular complexity index is 1690. The molecule has 1 atom stereocenters. The van der Waals surface area contributed by atoms with E-state index in [0.29, 0.717) is 40.6 Å². The van der Waals surface area contributed by atoms with Crippen LogP contribution in [-0.4, -0.2) is 93.2 Å². The van der Waals surface area contributed by atoms with E-state index in [0.717, 1.165) is 70.5 Å². The SMILES string of the molecule is CC[C@@H]1c2c(C#N)ncn2-c2cnc(Nc3cc(F)c(C(=O)NC4CCC(N5CCN(CC(C)C)CC5)CC4)cc3OC)nc2N1C(C)C. The van der Waals surface area contributed by atoms with E-state index in [9.17, 15) is 10.1 Å². The standard InChI is InChI=1S/C36H49FN10O2/c1-7-30-33-29(18-38)40-21-46(33)31-19-39-36(43-34(31)47(30)23(4)5)42-28-17-27(37)26(16-32(28)49-6)35(48)41-24-8-10-25(11-9-24)45-14-12-44(13-15-45)20-22(2)3/h16-17,19,21-25,30H,7-15,20H2,1-6H3,(H,41,48)(H,39,42,43)/t24?,25?,30-/m1/s1. The van der Waals surface area contributed by atoms with Crippen LogP contribution in [0.5, 0.6) is 5.75 Å². The van der Waals surface area contributed by atoms with Gasteiger partial charge in [0.1, 0.15) is 29.7 Å². The minimum absolute atomic E-state index is 0.00849. The van der Waals surface area contributed by atoms with Crippen molar-refractivity contribution in [2.75, 3.05) is 50.1 Å². The summed E-state index contributed by atoms with van der Waals surface area (Å²) in [5, 5.41) is 15.9. The third kappa shape index (κ3) is 7.07. The van der Waals surface area contributed by atoms with Crippen LogP contribution >= 0.6 is 0 Å². The molecule has 1 aromatic carbocycles. The lowest BCUT2D eigenvalue weighted by Gasteiger charge is -2.42. The lowest BCUT2D eigenvalue weighted by Crippen LogP contribution is -2.52. The van der Waals surface area contributed by atoms with Crippen molar-refractivity contribution in [2.24, 2.45) is 5.92 Å². The monoisotopic (exact) mass is 672 g/mol. The zero-order chi connectivity index (χ0) is 34.8. The van der Waals surface area contributed by atoms with Crippen LogP contribution in [0.15, 0.2) is 24.7 Å². The molecule has 2 aliphatic heterocycles. The fraction of sp³-hybridized carbons (Fsp3) is 0.583. The van der Waals surface area contributed by atoms with E-state index in [4.69, 9.17) is 9.72 Å². The number of fused-ring (bicyclic) bond motifs is 3. The predicted molar refractivity (Wildman–Crippen MR) is 187 cm³/mol. The van der Waals surface area contributed by atoms with Gasteiger partial charge in [0.15, 0.2) is 11.5 Å². The Morgan fingerprint density at radius 1 is 1.10 bits per heavy atom. The van der Waals surface area contributed by atoms with Crippen LogP contribution in [0.2, 0.25) is 0 Å². The summed E-state index contributed by atoms with van der Waals surface area (Å²) in [4.78, 5) is 34.3. The van der Waals surface area contributed by atoms with Gasteiger partial charge in [-0.1, -0.05) is 20.8 Å². The van der Waals surface area contributed by atoms with E-state index in [-0.39, 0.29) is 29.6 Å². The van der Waals surface area contributed by atoms with Crippen molar-refractivity contribution < 1.29 is 13.9 Å². The molecule has 0 unspecified atom stereocenters. The molecule has 2 fully saturated rings. The van der Waals surface area contributed by atoms with Crippen molar-refractivity contribution in [1.29, 1.82) is 5.26 Å². The molecule has 49 heavy (non-hydrogen) atoms. The fourth-order valence-corrected chi connectivity index (χ4v) is 7.81. The van der Waals surface area contributed by atoms with Gasteiger partial charge in [-0.25, -0.2) is 14.4 Å². The number of rotatable bonds is 10. The van der Waals surface area contributed by atoms with Crippen molar-refractivity contribution in [3.05, 3.63) is 47.4 Å². The Labute approximate surface area is 288 Å². The molecular weight excluding hydrogens is 623 g/mol. The molecule has 0 bridgehead atoms. The maximum absolute atomic E-state index is 15.6. The topological polar surface area (TPSA) is 127 Å². The average molecular weight is 673 g/mol. The molecule has 1 amide bonds. The number of hydrogen-bond donors (Lipinski definition) is 2.